The van der Waals surface area contributed by atoms with Gasteiger partial charge in [0.25, 0.3) is 0 Å². The van der Waals surface area contributed by atoms with E-state index < -0.39 is 10.0 Å². The van der Waals surface area contributed by atoms with E-state index in [1.165, 1.54) is 0 Å². The lowest BCUT2D eigenvalue weighted by Gasteiger charge is -2.22. The average Bonchev–Trinajstić information content (AvgIpc) is 1.60. The highest BCUT2D eigenvalue weighted by Gasteiger charge is 2.17. The van der Waals surface area contributed by atoms with Gasteiger partial charge in [0.15, 0.2) is 0 Å². The fourth-order valence-electron chi connectivity index (χ4n) is 0.792. The van der Waals surface area contributed by atoms with Crippen LogP contribution in [0.1, 0.15) is 0 Å². The Morgan fingerprint density at radius 3 is 2.56 bits per heavy atom. The van der Waals surface area contributed by atoms with Crippen molar-refractivity contribution in [2.45, 2.75) is 0 Å². The van der Waals surface area contributed by atoms with Crippen molar-refractivity contribution in [2.24, 2.45) is 0 Å². The van der Waals surface area contributed by atoms with Crippen LogP contribution in [0.3, 0.4) is 0 Å². The van der Waals surface area contributed by atoms with Crippen molar-refractivity contribution in [3.63, 3.8) is 0 Å². The van der Waals surface area contributed by atoms with Gasteiger partial charge in [0.1, 0.15) is 5.88 Å². The largest absolute Gasteiger partial charge is 0.290 e. The quantitative estimate of drug-likeness (QED) is 0.472. The predicted octanol–water partition coefficient (Wildman–Crippen LogP) is -1.19. The van der Waals surface area contributed by atoms with Crippen LogP contribution in [-0.4, -0.2) is 39.3 Å². The average molecular weight is 150 g/mol. The van der Waals surface area contributed by atoms with Gasteiger partial charge in [-0.3, -0.25) is 4.90 Å². The Labute approximate surface area is 54.9 Å². The van der Waals surface area contributed by atoms with Crippen molar-refractivity contribution < 1.29 is 8.42 Å². The molecule has 0 aromatic carbocycles. The molecule has 0 aliphatic carbocycles. The van der Waals surface area contributed by atoms with Gasteiger partial charge in [0.2, 0.25) is 10.0 Å². The zero-order valence-corrected chi connectivity index (χ0v) is 6.11. The third-order valence-electron chi connectivity index (χ3n) is 1.21. The lowest BCUT2D eigenvalue weighted by Crippen LogP contribution is -2.45. The van der Waals surface area contributed by atoms with Crippen LogP contribution >= 0.6 is 0 Å². The molecule has 1 N–H and O–H groups in total. The minimum absolute atomic E-state index is 0.132. The van der Waals surface area contributed by atoms with E-state index in [1.807, 2.05) is 0 Å². The number of nitrogens with one attached hydrogen (secondary N) is 1. The van der Waals surface area contributed by atoms with E-state index in [1.54, 1.807) is 11.9 Å². The minimum Gasteiger partial charge on any atom is -0.290 e. The number of nitrogens with zero attached hydrogens (tertiary/aromatic N) is 1. The molecule has 1 aliphatic rings. The van der Waals surface area contributed by atoms with E-state index in [0.717, 1.165) is 6.54 Å². The summed E-state index contributed by atoms with van der Waals surface area (Å²) in [6.07, 6.45) is 0. The molecule has 0 aromatic rings. The third-order valence-corrected chi connectivity index (χ3v) is 2.63. The second-order valence-corrected chi connectivity index (χ2v) is 3.99. The molecule has 0 aromatic heterocycles. The molecule has 1 rings (SSSR count). The summed E-state index contributed by atoms with van der Waals surface area (Å²) < 4.78 is 23.8. The van der Waals surface area contributed by atoms with Gasteiger partial charge in [-0.05, 0) is 7.05 Å². The number of likely N-dealkylation sites (N-methyl/N-ethyl adjacent to an activating group) is 1. The molecule has 1 heterocycles. The van der Waals surface area contributed by atoms with Crippen molar-refractivity contribution in [2.75, 3.05) is 26.0 Å². The summed E-state index contributed by atoms with van der Waals surface area (Å²) in [5.74, 6) is 0.132. The van der Waals surface area contributed by atoms with E-state index >= 15 is 0 Å². The number of hydrogen-bond donors (Lipinski definition) is 1. The highest BCUT2D eigenvalue weighted by Crippen LogP contribution is 1.94. The first-order chi connectivity index (χ1) is 4.10. The minimum atomic E-state index is -2.96. The highest BCUT2D eigenvalue weighted by molar-refractivity contribution is 7.89. The van der Waals surface area contributed by atoms with Gasteiger partial charge in [-0.25, -0.2) is 13.1 Å². The normalized spacial score (nSPS) is 28.1. The molecule has 54 valence electrons. The summed E-state index contributed by atoms with van der Waals surface area (Å²) in [5.41, 5.74) is 0. The maximum absolute atomic E-state index is 10.7. The van der Waals surface area contributed by atoms with Crippen LogP contribution in [0.15, 0.2) is 0 Å². The first-order valence-electron chi connectivity index (χ1n) is 2.76. The Morgan fingerprint density at radius 1 is 1.56 bits per heavy atom. The maximum Gasteiger partial charge on any atom is 0.224 e. The first-order valence-corrected chi connectivity index (χ1v) is 4.41. The van der Waals surface area contributed by atoms with Gasteiger partial charge in [-0.15, -0.1) is 0 Å². The molecule has 0 spiro atoms. The molecule has 4 nitrogen and oxygen atoms in total. The molecule has 0 unspecified atom stereocenters. The van der Waals surface area contributed by atoms with Gasteiger partial charge in [0.05, 0.1) is 0 Å². The summed E-state index contributed by atoms with van der Waals surface area (Å²) in [5, 5.41) is 0. The monoisotopic (exact) mass is 150 g/mol. The maximum atomic E-state index is 10.7. The lowest BCUT2D eigenvalue weighted by molar-refractivity contribution is 0.363. The number of sulfonamides is 1. The summed E-state index contributed by atoms with van der Waals surface area (Å²) in [4.78, 5) is 1.77. The lowest BCUT2D eigenvalue weighted by atomic mass is 10.6. The van der Waals surface area contributed by atoms with Crippen molar-refractivity contribution in [3.8, 4) is 0 Å². The van der Waals surface area contributed by atoms with Crippen LogP contribution in [0.5, 0.6) is 0 Å². The Bertz CT molecular complexity index is 187. The number of rotatable bonds is 0. The van der Waals surface area contributed by atoms with Gasteiger partial charge < -0.3 is 0 Å². The van der Waals surface area contributed by atoms with Crippen LogP contribution in [0, 0.1) is 0 Å². The number of hydrogen-bond acceptors (Lipinski definition) is 3. The molecule has 0 atom stereocenters. The second kappa shape index (κ2) is 2.24. The SMILES string of the molecule is CN1CCNS(=O)(=O)C1. The zero-order chi connectivity index (χ0) is 6.91. The molecule has 5 heteroatoms. The molecule has 1 aliphatic heterocycles. The molecule has 1 fully saturated rings. The Morgan fingerprint density at radius 2 is 2.22 bits per heavy atom. The van der Waals surface area contributed by atoms with Gasteiger partial charge in [0, 0.05) is 13.1 Å². The predicted molar refractivity (Wildman–Crippen MR) is 34.4 cm³/mol. The summed E-state index contributed by atoms with van der Waals surface area (Å²) in [6, 6.07) is 0. The van der Waals surface area contributed by atoms with Crippen molar-refractivity contribution >= 4 is 10.0 Å². The van der Waals surface area contributed by atoms with E-state index in [2.05, 4.69) is 4.72 Å². The second-order valence-electron chi connectivity index (χ2n) is 2.22. The van der Waals surface area contributed by atoms with Crippen LogP contribution in [0.25, 0.3) is 0 Å². The third kappa shape index (κ3) is 1.92. The van der Waals surface area contributed by atoms with Crippen LogP contribution in [-0.2, 0) is 10.0 Å². The molecule has 0 amide bonds. The molecular weight excluding hydrogens is 140 g/mol. The van der Waals surface area contributed by atoms with Crippen molar-refractivity contribution in [1.82, 2.24) is 9.62 Å². The van der Waals surface area contributed by atoms with Crippen molar-refractivity contribution in [1.29, 1.82) is 0 Å². The van der Waals surface area contributed by atoms with Gasteiger partial charge >= 0.3 is 0 Å². The Balaban J connectivity index is 2.62. The summed E-state index contributed by atoms with van der Waals surface area (Å²) in [7, 11) is -1.17. The topological polar surface area (TPSA) is 49.4 Å². The molecule has 1 saturated heterocycles. The van der Waals surface area contributed by atoms with E-state index in [4.69, 9.17) is 0 Å². The fraction of sp³-hybridized carbons (Fsp3) is 1.00. The van der Waals surface area contributed by atoms with Gasteiger partial charge in [-0.2, -0.15) is 0 Å². The highest BCUT2D eigenvalue weighted by atomic mass is 32.2. The van der Waals surface area contributed by atoms with Crippen LogP contribution in [0.4, 0.5) is 0 Å². The molecular formula is C4H10N2O2S. The Hall–Kier alpha value is -0.130. The molecule has 9 heavy (non-hydrogen) atoms. The summed E-state index contributed by atoms with van der Waals surface area (Å²) >= 11 is 0. The molecule has 0 bridgehead atoms. The smallest absolute Gasteiger partial charge is 0.224 e. The van der Waals surface area contributed by atoms with E-state index in [-0.39, 0.29) is 5.88 Å². The van der Waals surface area contributed by atoms with Crippen LogP contribution in [0.2, 0.25) is 0 Å². The fourth-order valence-corrected chi connectivity index (χ4v) is 2.00. The van der Waals surface area contributed by atoms with Gasteiger partial charge in [-0.1, -0.05) is 0 Å². The van der Waals surface area contributed by atoms with Crippen LogP contribution < -0.4 is 4.72 Å². The molecule has 0 radical (unpaired) electrons. The van der Waals surface area contributed by atoms with E-state index in [9.17, 15) is 8.42 Å². The Kier molecular flexibility index (Phi) is 1.74. The summed E-state index contributed by atoms with van der Waals surface area (Å²) in [6.45, 7) is 1.35. The van der Waals surface area contributed by atoms with Crippen molar-refractivity contribution in [3.05, 3.63) is 0 Å². The first kappa shape index (κ1) is 6.98. The molecule has 0 saturated carbocycles. The standard InChI is InChI=1S/C4H10N2O2S/c1-6-3-2-5-9(7,8)4-6/h5H,2-4H2,1H3. The zero-order valence-electron chi connectivity index (χ0n) is 5.29. The van der Waals surface area contributed by atoms with E-state index in [0.29, 0.717) is 6.54 Å².